The molecule has 5 nitrogen and oxygen atoms in total. The first-order chi connectivity index (χ1) is 9.20. The van der Waals surface area contributed by atoms with E-state index in [4.69, 9.17) is 9.47 Å². The second-order valence-corrected chi connectivity index (χ2v) is 3.57. The van der Waals surface area contributed by atoms with Crippen molar-refractivity contribution in [2.24, 2.45) is 0 Å². The van der Waals surface area contributed by atoms with Gasteiger partial charge in [-0.2, -0.15) is 0 Å². The quantitative estimate of drug-likeness (QED) is 0.588. The van der Waals surface area contributed by atoms with E-state index in [9.17, 15) is 9.59 Å². The number of amides is 1. The van der Waals surface area contributed by atoms with Crippen LogP contribution in [0.1, 0.15) is 48.4 Å². The van der Waals surface area contributed by atoms with Gasteiger partial charge >= 0.3 is 0 Å². The average Bonchev–Trinajstić information content (AvgIpc) is 2.46. The molecule has 0 radical (unpaired) electrons. The number of hydrogen-bond donors (Lipinski definition) is 1. The van der Waals surface area contributed by atoms with Crippen LogP contribution in [0.25, 0.3) is 0 Å². The molecule has 0 spiro atoms. The maximum absolute atomic E-state index is 10.9. The van der Waals surface area contributed by atoms with E-state index in [0.29, 0.717) is 52.2 Å². The molecule has 0 aromatic carbocycles. The molecule has 0 aromatic rings. The Morgan fingerprint density at radius 3 is 2.05 bits per heavy atom. The third-order valence-electron chi connectivity index (χ3n) is 2.18. The van der Waals surface area contributed by atoms with Gasteiger partial charge in [0.05, 0.1) is 26.4 Å². The summed E-state index contributed by atoms with van der Waals surface area (Å²) in [7, 11) is 0. The molecule has 0 aliphatic heterocycles. The summed E-state index contributed by atoms with van der Waals surface area (Å²) < 4.78 is 10.5. The number of nitrogens with one attached hydrogen (secondary N) is 1. The van der Waals surface area contributed by atoms with E-state index in [1.807, 2.05) is 27.7 Å². The number of carbonyl (C=O) groups is 2. The first-order valence-corrected chi connectivity index (χ1v) is 7.14. The van der Waals surface area contributed by atoms with Crippen LogP contribution in [-0.4, -0.2) is 44.7 Å². The normalized spacial score (nSPS) is 9.47. The zero-order valence-corrected chi connectivity index (χ0v) is 12.8. The van der Waals surface area contributed by atoms with E-state index in [2.05, 4.69) is 5.32 Å². The Balaban J connectivity index is -0.000000916. The van der Waals surface area contributed by atoms with Gasteiger partial charge in [-0.05, 0) is 0 Å². The molecule has 0 aromatic heterocycles. The number of rotatable bonds is 11. The van der Waals surface area contributed by atoms with Crippen molar-refractivity contribution < 1.29 is 20.5 Å². The van der Waals surface area contributed by atoms with Crippen LogP contribution >= 0.6 is 0 Å². The monoisotopic (exact) mass is 277 g/mol. The van der Waals surface area contributed by atoms with E-state index < -0.39 is 0 Å². The van der Waals surface area contributed by atoms with Crippen molar-refractivity contribution in [3.05, 3.63) is 0 Å². The zero-order chi connectivity index (χ0) is 14.9. The molecule has 0 bridgehead atoms. The minimum Gasteiger partial charge on any atom is -0.379 e. The van der Waals surface area contributed by atoms with Crippen LogP contribution in [0.3, 0.4) is 0 Å². The van der Waals surface area contributed by atoms with Gasteiger partial charge < -0.3 is 14.8 Å². The lowest BCUT2D eigenvalue weighted by atomic mass is 10.2. The molecule has 0 atom stereocenters. The van der Waals surface area contributed by atoms with Crippen molar-refractivity contribution in [1.82, 2.24) is 5.32 Å². The van der Waals surface area contributed by atoms with E-state index in [-0.39, 0.29) is 13.1 Å². The summed E-state index contributed by atoms with van der Waals surface area (Å²) >= 11 is 0. The molecule has 1 amide bonds. The molecule has 0 rings (SSSR count). The van der Waals surface area contributed by atoms with Crippen LogP contribution in [0.15, 0.2) is 0 Å². The zero-order valence-electron chi connectivity index (χ0n) is 12.8. The fourth-order valence-electron chi connectivity index (χ4n) is 1.07. The summed E-state index contributed by atoms with van der Waals surface area (Å²) in [6.07, 6.45) is 1.54. The third kappa shape index (κ3) is 17.1. The Hall–Kier alpha value is -0.940. The smallest absolute Gasteiger partial charge is 0.219 e. The SMILES string of the molecule is CC.CCC(=O)CCOCCOCCNC(=O)CC.[HH]. The van der Waals surface area contributed by atoms with Crippen LogP contribution in [-0.2, 0) is 19.1 Å². The van der Waals surface area contributed by atoms with Crippen molar-refractivity contribution in [2.45, 2.75) is 47.0 Å². The third-order valence-corrected chi connectivity index (χ3v) is 2.18. The van der Waals surface area contributed by atoms with E-state index in [0.717, 1.165) is 0 Å². The largest absolute Gasteiger partial charge is 0.379 e. The van der Waals surface area contributed by atoms with Crippen LogP contribution < -0.4 is 5.32 Å². The molecule has 5 heteroatoms. The van der Waals surface area contributed by atoms with E-state index in [1.54, 1.807) is 0 Å². The van der Waals surface area contributed by atoms with Crippen LogP contribution in [0.2, 0.25) is 0 Å². The molecular formula is C14H31NO4. The van der Waals surface area contributed by atoms with Gasteiger partial charge in [0, 0.05) is 27.2 Å². The van der Waals surface area contributed by atoms with E-state index in [1.165, 1.54) is 0 Å². The number of ketones is 1. The van der Waals surface area contributed by atoms with Crippen molar-refractivity contribution in [3.63, 3.8) is 0 Å². The average molecular weight is 277 g/mol. The Labute approximate surface area is 118 Å². The minimum absolute atomic E-state index is 0. The van der Waals surface area contributed by atoms with Crippen molar-refractivity contribution in [1.29, 1.82) is 0 Å². The summed E-state index contributed by atoms with van der Waals surface area (Å²) in [5.41, 5.74) is 0. The highest BCUT2D eigenvalue weighted by molar-refractivity contribution is 5.78. The van der Waals surface area contributed by atoms with Gasteiger partial charge in [0.1, 0.15) is 5.78 Å². The summed E-state index contributed by atoms with van der Waals surface area (Å²) in [4.78, 5) is 21.8. The second-order valence-electron chi connectivity index (χ2n) is 3.57. The maximum atomic E-state index is 10.9. The Bertz CT molecular complexity index is 203. The van der Waals surface area contributed by atoms with E-state index >= 15 is 0 Å². The molecule has 1 N–H and O–H groups in total. The highest BCUT2D eigenvalue weighted by Crippen LogP contribution is 1.89. The molecule has 0 aliphatic rings. The summed E-state index contributed by atoms with van der Waals surface area (Å²) in [5.74, 6) is 0.246. The Morgan fingerprint density at radius 1 is 0.947 bits per heavy atom. The lowest BCUT2D eigenvalue weighted by molar-refractivity contribution is -0.121. The van der Waals surface area contributed by atoms with Crippen molar-refractivity contribution in [3.8, 4) is 0 Å². The topological polar surface area (TPSA) is 64.6 Å². The van der Waals surface area contributed by atoms with Crippen molar-refractivity contribution >= 4 is 11.7 Å². The molecule has 0 aliphatic carbocycles. The molecule has 0 fully saturated rings. The Morgan fingerprint density at radius 2 is 1.53 bits per heavy atom. The predicted molar refractivity (Wildman–Crippen MR) is 78.3 cm³/mol. The van der Waals surface area contributed by atoms with Gasteiger partial charge in [-0.3, -0.25) is 9.59 Å². The highest BCUT2D eigenvalue weighted by Gasteiger charge is 1.98. The molecule has 0 heterocycles. The van der Waals surface area contributed by atoms with Gasteiger partial charge in [-0.1, -0.05) is 27.7 Å². The molecule has 0 unspecified atom stereocenters. The predicted octanol–water partition coefficient (Wildman–Crippen LogP) is 2.19. The summed E-state index contributed by atoms with van der Waals surface area (Å²) in [6.45, 7) is 10.1. The number of hydrogen-bond acceptors (Lipinski definition) is 4. The fraction of sp³-hybridized carbons (Fsp3) is 0.857. The number of carbonyl (C=O) groups excluding carboxylic acids is 2. The summed E-state index contributed by atoms with van der Waals surface area (Å²) in [6, 6.07) is 0. The first-order valence-electron chi connectivity index (χ1n) is 7.14. The van der Waals surface area contributed by atoms with Gasteiger partial charge in [0.2, 0.25) is 5.91 Å². The number of Topliss-reactive ketones (excluding diaryl/α,β-unsaturated/α-hetero) is 1. The lowest BCUT2D eigenvalue weighted by Crippen LogP contribution is -2.26. The maximum Gasteiger partial charge on any atom is 0.219 e. The number of ether oxygens (including phenoxy) is 2. The fourth-order valence-corrected chi connectivity index (χ4v) is 1.07. The molecule has 19 heavy (non-hydrogen) atoms. The van der Waals surface area contributed by atoms with Gasteiger partial charge in [0.25, 0.3) is 0 Å². The van der Waals surface area contributed by atoms with Gasteiger partial charge in [-0.25, -0.2) is 0 Å². The summed E-state index contributed by atoms with van der Waals surface area (Å²) in [5, 5.41) is 2.71. The van der Waals surface area contributed by atoms with Crippen molar-refractivity contribution in [2.75, 3.05) is 33.0 Å². The molecular weight excluding hydrogens is 246 g/mol. The first kappa shape index (κ1) is 20.4. The van der Waals surface area contributed by atoms with Gasteiger partial charge in [0.15, 0.2) is 0 Å². The molecule has 0 saturated carbocycles. The van der Waals surface area contributed by atoms with Crippen LogP contribution in [0, 0.1) is 0 Å². The van der Waals surface area contributed by atoms with Gasteiger partial charge in [-0.15, -0.1) is 0 Å². The molecule has 116 valence electrons. The lowest BCUT2D eigenvalue weighted by Gasteiger charge is -2.06. The van der Waals surface area contributed by atoms with Crippen LogP contribution in [0.5, 0.6) is 0 Å². The standard InChI is InChI=1S/C12H23NO4.C2H6.H2/c1-3-11(14)5-7-16-9-10-17-8-6-13-12(15)4-2;1-2;/h3-10H2,1-2H3,(H,13,15);1-2H3;1H. The van der Waals surface area contributed by atoms with Crippen LogP contribution in [0.4, 0.5) is 0 Å². The molecule has 0 saturated heterocycles. The Kier molecular flexibility index (Phi) is 18.3. The minimum atomic E-state index is 0. The highest BCUT2D eigenvalue weighted by atomic mass is 16.5. The second kappa shape index (κ2) is 17.1.